The standard InChI is InChI=1S/C20H23FN4O3/c21-15-4-6-17(7-5-15)25-11-14(9-19(25)26)20(27)23-16-10-22-24(12-16)13-18-3-1-2-8-28-18/h4-7,10,12,14,18H,1-3,8-9,11,13H2,(H,23,27)/t14-,18+/m1/s1. The monoisotopic (exact) mass is 386 g/mol. The molecule has 28 heavy (non-hydrogen) atoms. The highest BCUT2D eigenvalue weighted by atomic mass is 19.1. The molecule has 2 saturated heterocycles. The molecule has 8 heteroatoms. The molecular weight excluding hydrogens is 363 g/mol. The van der Waals surface area contributed by atoms with Gasteiger partial charge in [0.1, 0.15) is 5.82 Å². The maximum Gasteiger partial charge on any atom is 0.229 e. The highest BCUT2D eigenvalue weighted by Crippen LogP contribution is 2.26. The molecule has 0 spiro atoms. The van der Waals surface area contributed by atoms with Crippen molar-refractivity contribution in [1.82, 2.24) is 9.78 Å². The number of nitrogens with zero attached hydrogens (tertiary/aromatic N) is 3. The van der Waals surface area contributed by atoms with Crippen molar-refractivity contribution < 1.29 is 18.7 Å². The van der Waals surface area contributed by atoms with E-state index in [1.54, 1.807) is 29.2 Å². The summed E-state index contributed by atoms with van der Waals surface area (Å²) >= 11 is 0. The molecule has 0 radical (unpaired) electrons. The Morgan fingerprint density at radius 1 is 1.29 bits per heavy atom. The highest BCUT2D eigenvalue weighted by molar-refractivity contribution is 6.03. The summed E-state index contributed by atoms with van der Waals surface area (Å²) in [6.45, 7) is 1.73. The summed E-state index contributed by atoms with van der Waals surface area (Å²) in [4.78, 5) is 26.4. The van der Waals surface area contributed by atoms with Gasteiger partial charge in [0.25, 0.3) is 0 Å². The number of aromatic nitrogens is 2. The molecule has 0 saturated carbocycles. The molecule has 1 N–H and O–H groups in total. The van der Waals surface area contributed by atoms with E-state index in [-0.39, 0.29) is 36.7 Å². The summed E-state index contributed by atoms with van der Waals surface area (Å²) in [5.74, 6) is -1.17. The van der Waals surface area contributed by atoms with Crippen molar-refractivity contribution in [3.05, 3.63) is 42.5 Å². The van der Waals surface area contributed by atoms with Crippen LogP contribution in [0.3, 0.4) is 0 Å². The van der Waals surface area contributed by atoms with Crippen LogP contribution >= 0.6 is 0 Å². The number of nitrogens with one attached hydrogen (secondary N) is 1. The Labute approximate surface area is 162 Å². The molecule has 2 aromatic rings. The van der Waals surface area contributed by atoms with Crippen molar-refractivity contribution in [3.63, 3.8) is 0 Å². The molecule has 0 unspecified atom stereocenters. The first-order valence-electron chi connectivity index (χ1n) is 9.59. The second-order valence-corrected chi connectivity index (χ2v) is 7.31. The Morgan fingerprint density at radius 2 is 2.11 bits per heavy atom. The zero-order valence-corrected chi connectivity index (χ0v) is 15.5. The molecule has 0 aliphatic carbocycles. The molecule has 0 bridgehead atoms. The maximum absolute atomic E-state index is 13.1. The highest BCUT2D eigenvalue weighted by Gasteiger charge is 2.35. The van der Waals surface area contributed by atoms with Gasteiger partial charge < -0.3 is 15.0 Å². The van der Waals surface area contributed by atoms with Crippen LogP contribution in [0.25, 0.3) is 0 Å². The first-order chi connectivity index (χ1) is 13.6. The Morgan fingerprint density at radius 3 is 2.86 bits per heavy atom. The fourth-order valence-corrected chi connectivity index (χ4v) is 3.69. The van der Waals surface area contributed by atoms with Crippen molar-refractivity contribution in [3.8, 4) is 0 Å². The van der Waals surface area contributed by atoms with E-state index in [1.807, 2.05) is 0 Å². The van der Waals surface area contributed by atoms with Crippen LogP contribution in [0.15, 0.2) is 36.7 Å². The summed E-state index contributed by atoms with van der Waals surface area (Å²) < 4.78 is 20.6. The zero-order valence-electron chi connectivity index (χ0n) is 15.5. The Balaban J connectivity index is 1.34. The normalized spacial score (nSPS) is 22.5. The van der Waals surface area contributed by atoms with Gasteiger partial charge in [-0.05, 0) is 43.5 Å². The third-order valence-electron chi connectivity index (χ3n) is 5.20. The van der Waals surface area contributed by atoms with Gasteiger partial charge in [-0.2, -0.15) is 5.10 Å². The smallest absolute Gasteiger partial charge is 0.229 e. The van der Waals surface area contributed by atoms with Crippen LogP contribution in [0.4, 0.5) is 15.8 Å². The number of carbonyl (C=O) groups excluding carboxylic acids is 2. The van der Waals surface area contributed by atoms with Gasteiger partial charge in [-0.15, -0.1) is 0 Å². The number of carbonyl (C=O) groups is 2. The average molecular weight is 386 g/mol. The van der Waals surface area contributed by atoms with Crippen molar-refractivity contribution in [2.75, 3.05) is 23.4 Å². The first-order valence-corrected chi connectivity index (χ1v) is 9.59. The van der Waals surface area contributed by atoms with E-state index in [1.165, 1.54) is 17.0 Å². The van der Waals surface area contributed by atoms with Gasteiger partial charge in [0.15, 0.2) is 0 Å². The van der Waals surface area contributed by atoms with Crippen LogP contribution in [-0.4, -0.2) is 40.9 Å². The van der Waals surface area contributed by atoms with Gasteiger partial charge in [-0.1, -0.05) is 0 Å². The van der Waals surface area contributed by atoms with E-state index < -0.39 is 5.92 Å². The summed E-state index contributed by atoms with van der Waals surface area (Å²) in [5, 5.41) is 7.13. The quantitative estimate of drug-likeness (QED) is 0.857. The van der Waals surface area contributed by atoms with E-state index in [2.05, 4.69) is 10.4 Å². The van der Waals surface area contributed by atoms with Crippen LogP contribution in [0.1, 0.15) is 25.7 Å². The molecule has 7 nitrogen and oxygen atoms in total. The molecule has 148 valence electrons. The maximum atomic E-state index is 13.1. The van der Waals surface area contributed by atoms with Gasteiger partial charge in [0.05, 0.1) is 30.5 Å². The fourth-order valence-electron chi connectivity index (χ4n) is 3.69. The summed E-state index contributed by atoms with van der Waals surface area (Å²) in [7, 11) is 0. The van der Waals surface area contributed by atoms with Gasteiger partial charge in [-0.25, -0.2) is 4.39 Å². The second kappa shape index (κ2) is 8.10. The molecule has 2 aliphatic rings. The summed E-state index contributed by atoms with van der Waals surface area (Å²) in [5.41, 5.74) is 1.20. The number of ether oxygens (including phenoxy) is 1. The molecule has 4 rings (SSSR count). The van der Waals surface area contributed by atoms with Crippen molar-refractivity contribution >= 4 is 23.2 Å². The summed E-state index contributed by atoms with van der Waals surface area (Å²) in [6, 6.07) is 5.70. The number of hydrogen-bond donors (Lipinski definition) is 1. The van der Waals surface area contributed by atoms with Crippen molar-refractivity contribution in [2.45, 2.75) is 38.3 Å². The second-order valence-electron chi connectivity index (χ2n) is 7.31. The lowest BCUT2D eigenvalue weighted by atomic mass is 10.1. The fraction of sp³-hybridized carbons (Fsp3) is 0.450. The van der Waals surface area contributed by atoms with E-state index in [9.17, 15) is 14.0 Å². The van der Waals surface area contributed by atoms with E-state index in [4.69, 9.17) is 4.74 Å². The molecule has 2 atom stereocenters. The van der Waals surface area contributed by atoms with Crippen LogP contribution < -0.4 is 10.2 Å². The number of halogens is 1. The Bertz CT molecular complexity index is 845. The molecule has 1 aromatic heterocycles. The zero-order chi connectivity index (χ0) is 19.5. The van der Waals surface area contributed by atoms with Crippen LogP contribution in [0, 0.1) is 11.7 Å². The number of amides is 2. The molecular formula is C20H23FN4O3. The molecule has 1 aromatic carbocycles. The topological polar surface area (TPSA) is 76.5 Å². The van der Waals surface area contributed by atoms with Crippen LogP contribution in [0.5, 0.6) is 0 Å². The SMILES string of the molecule is O=C(Nc1cnn(C[C@@H]2CCCCO2)c1)[C@@H]1CC(=O)N(c2ccc(F)cc2)C1. The molecule has 3 heterocycles. The van der Waals surface area contributed by atoms with Gasteiger partial charge in [-0.3, -0.25) is 14.3 Å². The summed E-state index contributed by atoms with van der Waals surface area (Å²) in [6.07, 6.45) is 6.97. The number of anilines is 2. The minimum absolute atomic E-state index is 0.132. The Hall–Kier alpha value is -2.74. The van der Waals surface area contributed by atoms with Gasteiger partial charge in [0, 0.05) is 31.5 Å². The number of rotatable bonds is 5. The van der Waals surface area contributed by atoms with Crippen LogP contribution in [0.2, 0.25) is 0 Å². The third kappa shape index (κ3) is 4.22. The molecule has 2 fully saturated rings. The van der Waals surface area contributed by atoms with Crippen molar-refractivity contribution in [1.29, 1.82) is 0 Å². The predicted molar refractivity (Wildman–Crippen MR) is 101 cm³/mol. The largest absolute Gasteiger partial charge is 0.376 e. The minimum atomic E-state index is -0.456. The lowest BCUT2D eigenvalue weighted by molar-refractivity contribution is -0.122. The minimum Gasteiger partial charge on any atom is -0.376 e. The Kier molecular flexibility index (Phi) is 5.38. The van der Waals surface area contributed by atoms with E-state index in [0.717, 1.165) is 25.9 Å². The van der Waals surface area contributed by atoms with Gasteiger partial charge in [0.2, 0.25) is 11.8 Å². The van der Waals surface area contributed by atoms with Crippen molar-refractivity contribution in [2.24, 2.45) is 5.92 Å². The predicted octanol–water partition coefficient (Wildman–Crippen LogP) is 2.58. The molecule has 2 amide bonds. The lowest BCUT2D eigenvalue weighted by Crippen LogP contribution is -2.28. The lowest BCUT2D eigenvalue weighted by Gasteiger charge is -2.22. The third-order valence-corrected chi connectivity index (χ3v) is 5.20. The van der Waals surface area contributed by atoms with E-state index >= 15 is 0 Å². The van der Waals surface area contributed by atoms with Gasteiger partial charge >= 0.3 is 0 Å². The average Bonchev–Trinajstić information content (AvgIpc) is 3.30. The number of benzene rings is 1. The van der Waals surface area contributed by atoms with Crippen LogP contribution in [-0.2, 0) is 20.9 Å². The molecule has 2 aliphatic heterocycles. The van der Waals surface area contributed by atoms with E-state index in [0.29, 0.717) is 17.9 Å². The first kappa shape index (κ1) is 18.6. The number of hydrogen-bond acceptors (Lipinski definition) is 4.